The first-order valence-electron chi connectivity index (χ1n) is 5.92. The molecule has 0 heterocycles. The molecule has 0 saturated carbocycles. The Balaban J connectivity index is 1.98. The van der Waals surface area contributed by atoms with Gasteiger partial charge in [0.25, 0.3) is 0 Å². The summed E-state index contributed by atoms with van der Waals surface area (Å²) < 4.78 is 0. The van der Waals surface area contributed by atoms with Crippen LogP contribution >= 0.6 is 0 Å². The molecule has 1 aromatic rings. The highest BCUT2D eigenvalue weighted by Gasteiger charge is 2.22. The standard InChI is InChI=1S/C14H17NO2/c16-10-13(11-6-2-1-3-7-11)15-14(17)12-8-4-5-9-12/h1-7,12-13,16H,8-10H2,(H,15,17)/t13-/m0/s1. The van der Waals surface area contributed by atoms with Gasteiger partial charge in [-0.25, -0.2) is 0 Å². The van der Waals surface area contributed by atoms with Crippen molar-refractivity contribution in [2.24, 2.45) is 5.92 Å². The maximum atomic E-state index is 11.9. The average Bonchev–Trinajstić information content (AvgIpc) is 2.90. The molecule has 1 aliphatic rings. The zero-order valence-corrected chi connectivity index (χ0v) is 9.67. The lowest BCUT2D eigenvalue weighted by atomic mass is 10.0. The van der Waals surface area contributed by atoms with Crippen LogP contribution in [0.1, 0.15) is 24.4 Å². The Bertz CT molecular complexity index is 392. The van der Waals surface area contributed by atoms with Crippen LogP contribution in [0.15, 0.2) is 42.5 Å². The van der Waals surface area contributed by atoms with Crippen LogP contribution in [-0.4, -0.2) is 17.6 Å². The first-order chi connectivity index (χ1) is 8.31. The van der Waals surface area contributed by atoms with Crippen LogP contribution in [0.4, 0.5) is 0 Å². The van der Waals surface area contributed by atoms with Crippen molar-refractivity contribution >= 4 is 5.91 Å². The van der Waals surface area contributed by atoms with Gasteiger partial charge in [-0.2, -0.15) is 0 Å². The van der Waals surface area contributed by atoms with Gasteiger partial charge in [-0.3, -0.25) is 4.79 Å². The summed E-state index contributed by atoms with van der Waals surface area (Å²) >= 11 is 0. The van der Waals surface area contributed by atoms with Crippen LogP contribution < -0.4 is 5.32 Å². The normalized spacial score (nSPS) is 17.0. The minimum absolute atomic E-state index is 0.0258. The van der Waals surface area contributed by atoms with Gasteiger partial charge >= 0.3 is 0 Å². The number of amides is 1. The zero-order valence-electron chi connectivity index (χ0n) is 9.67. The van der Waals surface area contributed by atoms with Crippen LogP contribution in [0.25, 0.3) is 0 Å². The summed E-state index contributed by atoms with van der Waals surface area (Å²) in [6.45, 7) is -0.0735. The number of rotatable bonds is 4. The van der Waals surface area contributed by atoms with E-state index in [4.69, 9.17) is 0 Å². The van der Waals surface area contributed by atoms with Crippen LogP contribution in [0, 0.1) is 5.92 Å². The molecular formula is C14H17NO2. The number of carbonyl (C=O) groups excluding carboxylic acids is 1. The van der Waals surface area contributed by atoms with Crippen LogP contribution in [0.3, 0.4) is 0 Å². The summed E-state index contributed by atoms with van der Waals surface area (Å²) in [5.41, 5.74) is 0.939. The van der Waals surface area contributed by atoms with Crippen LogP contribution in [0.2, 0.25) is 0 Å². The van der Waals surface area contributed by atoms with E-state index in [-0.39, 0.29) is 24.5 Å². The molecule has 0 fully saturated rings. The second-order valence-corrected chi connectivity index (χ2v) is 4.29. The lowest BCUT2D eigenvalue weighted by molar-refractivity contribution is -0.125. The zero-order chi connectivity index (χ0) is 12.1. The summed E-state index contributed by atoms with van der Waals surface area (Å²) in [4.78, 5) is 11.9. The van der Waals surface area contributed by atoms with Crippen molar-refractivity contribution in [2.45, 2.75) is 18.9 Å². The molecule has 90 valence electrons. The van der Waals surface area contributed by atoms with E-state index in [1.54, 1.807) is 0 Å². The molecule has 0 radical (unpaired) electrons. The molecule has 0 bridgehead atoms. The van der Waals surface area contributed by atoms with Gasteiger partial charge in [0.05, 0.1) is 12.6 Å². The van der Waals surface area contributed by atoms with Gasteiger partial charge < -0.3 is 10.4 Å². The highest BCUT2D eigenvalue weighted by molar-refractivity contribution is 5.80. The van der Waals surface area contributed by atoms with Crippen molar-refractivity contribution < 1.29 is 9.90 Å². The van der Waals surface area contributed by atoms with Crippen molar-refractivity contribution in [1.29, 1.82) is 0 Å². The molecule has 0 aromatic heterocycles. The van der Waals surface area contributed by atoms with E-state index in [1.807, 2.05) is 42.5 Å². The second kappa shape index (κ2) is 5.64. The van der Waals surface area contributed by atoms with Gasteiger partial charge in [-0.15, -0.1) is 0 Å². The minimum Gasteiger partial charge on any atom is -0.394 e. The molecule has 17 heavy (non-hydrogen) atoms. The number of carbonyl (C=O) groups is 1. The van der Waals surface area contributed by atoms with E-state index >= 15 is 0 Å². The van der Waals surface area contributed by atoms with E-state index in [0.29, 0.717) is 0 Å². The summed E-state index contributed by atoms with van der Waals surface area (Å²) in [6.07, 6.45) is 5.67. The Kier molecular flexibility index (Phi) is 3.94. The molecule has 0 aliphatic heterocycles. The lowest BCUT2D eigenvalue weighted by Crippen LogP contribution is -2.34. The highest BCUT2D eigenvalue weighted by Crippen LogP contribution is 2.20. The van der Waals surface area contributed by atoms with Crippen LogP contribution in [0.5, 0.6) is 0 Å². The molecule has 3 nitrogen and oxygen atoms in total. The quantitative estimate of drug-likeness (QED) is 0.776. The summed E-state index contributed by atoms with van der Waals surface area (Å²) in [7, 11) is 0. The number of hydrogen-bond donors (Lipinski definition) is 2. The Morgan fingerprint density at radius 3 is 2.53 bits per heavy atom. The van der Waals surface area contributed by atoms with E-state index < -0.39 is 0 Å². The Morgan fingerprint density at radius 2 is 1.94 bits per heavy atom. The molecule has 0 spiro atoms. The third kappa shape index (κ3) is 2.94. The molecule has 0 saturated heterocycles. The van der Waals surface area contributed by atoms with Gasteiger partial charge in [-0.05, 0) is 18.4 Å². The van der Waals surface area contributed by atoms with Gasteiger partial charge in [0.1, 0.15) is 0 Å². The number of benzene rings is 1. The maximum absolute atomic E-state index is 11.9. The fourth-order valence-electron chi connectivity index (χ4n) is 2.04. The first kappa shape index (κ1) is 11.9. The number of allylic oxidation sites excluding steroid dienone is 2. The number of nitrogens with one attached hydrogen (secondary N) is 1. The topological polar surface area (TPSA) is 49.3 Å². The minimum atomic E-state index is -0.302. The molecule has 2 rings (SSSR count). The molecule has 1 aliphatic carbocycles. The number of aliphatic hydroxyl groups excluding tert-OH is 1. The van der Waals surface area contributed by atoms with E-state index in [0.717, 1.165) is 18.4 Å². The lowest BCUT2D eigenvalue weighted by Gasteiger charge is -2.19. The average molecular weight is 231 g/mol. The van der Waals surface area contributed by atoms with Crippen molar-refractivity contribution in [3.8, 4) is 0 Å². The van der Waals surface area contributed by atoms with Crippen molar-refractivity contribution in [2.75, 3.05) is 6.61 Å². The fraction of sp³-hybridized carbons (Fsp3) is 0.357. The van der Waals surface area contributed by atoms with Gasteiger partial charge in [0.15, 0.2) is 0 Å². The van der Waals surface area contributed by atoms with Crippen molar-refractivity contribution in [3.63, 3.8) is 0 Å². The molecule has 0 unspecified atom stereocenters. The fourth-order valence-corrected chi connectivity index (χ4v) is 2.04. The van der Waals surface area contributed by atoms with Crippen molar-refractivity contribution in [3.05, 3.63) is 48.0 Å². The van der Waals surface area contributed by atoms with Gasteiger partial charge in [0.2, 0.25) is 5.91 Å². The van der Waals surface area contributed by atoms with E-state index in [1.165, 1.54) is 0 Å². The molecule has 3 heteroatoms. The smallest absolute Gasteiger partial charge is 0.224 e. The Hall–Kier alpha value is -1.61. The first-order valence-corrected chi connectivity index (χ1v) is 5.92. The number of aliphatic hydroxyl groups is 1. The Labute approximate surface area is 101 Å². The molecule has 1 amide bonds. The maximum Gasteiger partial charge on any atom is 0.224 e. The third-order valence-corrected chi connectivity index (χ3v) is 3.08. The Morgan fingerprint density at radius 1 is 1.29 bits per heavy atom. The van der Waals surface area contributed by atoms with E-state index in [9.17, 15) is 9.90 Å². The summed E-state index contributed by atoms with van der Waals surface area (Å²) in [5, 5.41) is 12.2. The van der Waals surface area contributed by atoms with E-state index in [2.05, 4.69) is 5.32 Å². The summed E-state index contributed by atoms with van der Waals surface area (Å²) in [5.74, 6) is 0.0608. The SMILES string of the molecule is O=C(N[C@@H](CO)c1ccccc1)C1CC=CC1. The third-order valence-electron chi connectivity index (χ3n) is 3.08. The predicted molar refractivity (Wildman–Crippen MR) is 66.3 cm³/mol. The second-order valence-electron chi connectivity index (χ2n) is 4.29. The number of hydrogen-bond acceptors (Lipinski definition) is 2. The predicted octanol–water partition coefficient (Wildman–Crippen LogP) is 1.80. The molecule has 1 atom stereocenters. The molecule has 1 aromatic carbocycles. The largest absolute Gasteiger partial charge is 0.394 e. The molecule has 2 N–H and O–H groups in total. The van der Waals surface area contributed by atoms with Crippen molar-refractivity contribution in [1.82, 2.24) is 5.32 Å². The molecular weight excluding hydrogens is 214 g/mol. The van der Waals surface area contributed by atoms with Gasteiger partial charge in [0, 0.05) is 5.92 Å². The van der Waals surface area contributed by atoms with Crippen LogP contribution in [-0.2, 0) is 4.79 Å². The van der Waals surface area contributed by atoms with Gasteiger partial charge in [-0.1, -0.05) is 42.5 Å². The summed E-state index contributed by atoms with van der Waals surface area (Å²) in [6, 6.07) is 9.25. The monoisotopic (exact) mass is 231 g/mol. The highest BCUT2D eigenvalue weighted by atomic mass is 16.3.